The minimum atomic E-state index is -1.28. The van der Waals surface area contributed by atoms with Crippen LogP contribution in [-0.2, 0) is 5.41 Å². The van der Waals surface area contributed by atoms with Gasteiger partial charge in [0.25, 0.3) is 0 Å². The van der Waals surface area contributed by atoms with Gasteiger partial charge in [-0.25, -0.2) is 0 Å². The third kappa shape index (κ3) is 5.47. The molecule has 0 fully saturated rings. The third-order valence-electron chi connectivity index (χ3n) is 16.1. The summed E-state index contributed by atoms with van der Waals surface area (Å²) in [6.07, 6.45) is 0. The van der Waals surface area contributed by atoms with Gasteiger partial charge in [-0.15, -0.1) is 0 Å². The third-order valence-corrected chi connectivity index (χ3v) is 22.3. The summed E-state index contributed by atoms with van der Waals surface area (Å²) < 4.78 is 4.66. The van der Waals surface area contributed by atoms with Gasteiger partial charge in [-0.1, -0.05) is 30.3 Å². The summed E-state index contributed by atoms with van der Waals surface area (Å²) in [5.41, 5.74) is 23.6. The topological polar surface area (TPSA) is 0 Å². The zero-order valence-corrected chi connectivity index (χ0v) is 45.4. The first kappa shape index (κ1) is 39.5. The van der Waals surface area contributed by atoms with Crippen molar-refractivity contribution in [2.24, 2.45) is 0 Å². The fraction of sp³-hybridized carbons (Fsp3) is 0.0149. The van der Waals surface area contributed by atoms with Gasteiger partial charge in [-0.05, 0) is 0 Å². The molecule has 2 aliphatic carbocycles. The molecule has 0 N–H and O–H groups in total. The van der Waals surface area contributed by atoms with Crippen LogP contribution in [0.1, 0.15) is 22.3 Å². The molecule has 0 radical (unpaired) electrons. The molecule has 2 heteroatoms. The Hall–Kier alpha value is -7.49. The quantitative estimate of drug-likeness (QED) is 0.122. The molecule has 0 unspecified atom stereocenters. The number of hydrogen-bond donors (Lipinski definition) is 0. The molecule has 0 amide bonds. The van der Waals surface area contributed by atoms with Crippen LogP contribution in [0.2, 0.25) is 0 Å². The van der Waals surface area contributed by atoms with Gasteiger partial charge in [0.05, 0.1) is 0 Å². The van der Waals surface area contributed by atoms with Crippen molar-refractivity contribution in [2.45, 2.75) is 5.41 Å². The molecule has 15 rings (SSSR count). The van der Waals surface area contributed by atoms with E-state index >= 15 is 0 Å². The second-order valence-electron chi connectivity index (χ2n) is 19.4. The summed E-state index contributed by atoms with van der Waals surface area (Å²) in [6.45, 7) is 0. The van der Waals surface area contributed by atoms with Gasteiger partial charge in [0.2, 0.25) is 0 Å². The second-order valence-corrected chi connectivity index (χ2v) is 25.5. The first-order valence-corrected chi connectivity index (χ1v) is 29.4. The average Bonchev–Trinajstić information content (AvgIpc) is 4.05. The van der Waals surface area contributed by atoms with Gasteiger partial charge in [0.15, 0.2) is 0 Å². The number of fused-ring (bicyclic) bond motifs is 17. The van der Waals surface area contributed by atoms with Gasteiger partial charge in [0.1, 0.15) is 0 Å². The molecule has 0 saturated carbocycles. The Morgan fingerprint density at radius 3 is 1.57 bits per heavy atom. The Balaban J connectivity index is 1.09. The molecule has 0 atom stereocenters. The molecule has 0 nitrogen and oxygen atoms in total. The average molecular weight is 994 g/mol. The maximum atomic E-state index is 2.56. The predicted octanol–water partition coefficient (Wildman–Crippen LogP) is 13.2. The van der Waals surface area contributed by atoms with Gasteiger partial charge >= 0.3 is 389 Å². The van der Waals surface area contributed by atoms with E-state index in [1.807, 2.05) is 0 Å². The zero-order chi connectivity index (χ0) is 45.4. The zero-order valence-electron chi connectivity index (χ0n) is 38.2. The van der Waals surface area contributed by atoms with Crippen molar-refractivity contribution >= 4 is 77.5 Å². The van der Waals surface area contributed by atoms with Crippen LogP contribution in [0, 0.1) is 0 Å². The molecule has 0 saturated heterocycles. The Kier molecular flexibility index (Phi) is 8.59. The van der Waals surface area contributed by atoms with Crippen LogP contribution in [0.15, 0.2) is 237 Å². The van der Waals surface area contributed by atoms with Crippen LogP contribution in [0.3, 0.4) is 0 Å². The van der Waals surface area contributed by atoms with Gasteiger partial charge < -0.3 is 0 Å². The van der Waals surface area contributed by atoms with Gasteiger partial charge in [-0.2, -0.15) is 0 Å². The maximum absolute atomic E-state index is 2.56. The minimum absolute atomic E-state index is 0.534. The summed E-state index contributed by atoms with van der Waals surface area (Å²) >= 11 is -0.715. The van der Waals surface area contributed by atoms with Crippen LogP contribution < -0.4 is 13.2 Å². The molecule has 12 aromatic rings. The van der Waals surface area contributed by atoms with Crippen molar-refractivity contribution in [3.05, 3.63) is 259 Å². The first-order valence-electron chi connectivity index (χ1n) is 24.4. The molecular formula is C67H44Ge2. The molecule has 3 aliphatic rings. The molecule has 1 heterocycles. The molecule has 69 heavy (non-hydrogen) atoms. The van der Waals surface area contributed by atoms with E-state index < -0.39 is 20.8 Å². The van der Waals surface area contributed by atoms with E-state index in [1.54, 1.807) is 8.79 Å². The molecule has 320 valence electrons. The summed E-state index contributed by atoms with van der Waals surface area (Å²) in [7, 11) is 0. The Bertz CT molecular complexity index is 4150. The van der Waals surface area contributed by atoms with Crippen LogP contribution in [-0.4, -0.2) is 31.9 Å². The Morgan fingerprint density at radius 1 is 0.304 bits per heavy atom. The summed E-state index contributed by atoms with van der Waals surface area (Å²) in [6, 6.07) is 90.9. The summed E-state index contributed by atoms with van der Waals surface area (Å²) in [5.74, 6) is 0. The fourth-order valence-electron chi connectivity index (χ4n) is 13.3. The van der Waals surface area contributed by atoms with Crippen molar-refractivity contribution in [1.82, 2.24) is 0 Å². The Morgan fingerprint density at radius 2 is 0.812 bits per heavy atom. The normalized spacial score (nSPS) is 13.7. The van der Waals surface area contributed by atoms with Crippen LogP contribution in [0.25, 0.3) is 110 Å². The van der Waals surface area contributed by atoms with Crippen molar-refractivity contribution in [2.75, 3.05) is 0 Å². The van der Waals surface area contributed by atoms with E-state index in [9.17, 15) is 0 Å². The first-order chi connectivity index (χ1) is 34.2. The molecule has 12 aromatic carbocycles. The van der Waals surface area contributed by atoms with E-state index in [0.29, 0.717) is 16.5 Å². The second kappa shape index (κ2) is 15.0. The Labute approximate surface area is 416 Å². The van der Waals surface area contributed by atoms with Crippen molar-refractivity contribution in [3.8, 4) is 77.9 Å². The van der Waals surface area contributed by atoms with E-state index in [4.69, 9.17) is 0 Å². The van der Waals surface area contributed by atoms with Crippen LogP contribution in [0.5, 0.6) is 0 Å². The standard InChI is InChI=1S/C67H44Ge2/c68-61-34-9-5-19-44(61)42-18-11-17-41(38-42)43-24-12-26-50-56(43)39-57-46(52-28-14-29-53-49-23-6-10-35-62(49)69-66(52)53)25-13-27-51(57)63(50)54-30-15-31-55-64-45-20-2-1-16-40(45)36-37-60(64)67(65(54)55)58-32-7-3-21-47(58)48-22-4-8-33-59(48)67/h1-39H,69H2,68H3. The summed E-state index contributed by atoms with van der Waals surface area (Å²) in [5, 5.41) is 7.74. The number of rotatable bonds is 4. The van der Waals surface area contributed by atoms with E-state index in [-0.39, 0.29) is 0 Å². The summed E-state index contributed by atoms with van der Waals surface area (Å²) in [4.78, 5) is 0. The number of benzene rings is 12. The van der Waals surface area contributed by atoms with Crippen molar-refractivity contribution in [3.63, 3.8) is 0 Å². The van der Waals surface area contributed by atoms with Crippen molar-refractivity contribution < 1.29 is 0 Å². The number of hydrogen-bond acceptors (Lipinski definition) is 0. The van der Waals surface area contributed by atoms with Crippen molar-refractivity contribution in [1.29, 1.82) is 0 Å². The predicted molar refractivity (Wildman–Crippen MR) is 300 cm³/mol. The van der Waals surface area contributed by atoms with Gasteiger partial charge in [-0.3, -0.25) is 0 Å². The van der Waals surface area contributed by atoms with Gasteiger partial charge in [0, 0.05) is 0 Å². The molecule has 1 aliphatic heterocycles. The van der Waals surface area contributed by atoms with Crippen LogP contribution >= 0.6 is 0 Å². The van der Waals surface area contributed by atoms with E-state index in [2.05, 4.69) is 237 Å². The van der Waals surface area contributed by atoms with Crippen LogP contribution in [0.4, 0.5) is 0 Å². The fourth-order valence-corrected chi connectivity index (χ4v) is 19.1. The molecular weight excluding hydrogens is 950 g/mol. The SMILES string of the molecule is [GeH3][c]1ccccc1-c1cccc(-c2cccc3c(-c4cccc5c4C4(c6ccccc6-c6ccccc64)c4ccc6ccccc6c4-5)c4cccc(-c5cccc6[c]5[GeH2][c]5ccccc5-6)c4cc23)c1. The van der Waals surface area contributed by atoms with E-state index in [1.165, 1.54) is 137 Å². The molecule has 0 bridgehead atoms. The molecule has 0 aromatic heterocycles. The molecule has 1 spiro atoms. The monoisotopic (exact) mass is 996 g/mol. The van der Waals surface area contributed by atoms with E-state index in [0.717, 1.165) is 0 Å².